The first kappa shape index (κ1) is 28.3. The Hall–Kier alpha value is -4.25. The molecule has 3 rings (SSSR count). The summed E-state index contributed by atoms with van der Waals surface area (Å²) in [7, 11) is 1.56. The van der Waals surface area contributed by atoms with Crippen molar-refractivity contribution in [1.29, 1.82) is 0 Å². The van der Waals surface area contributed by atoms with Crippen LogP contribution in [0.1, 0.15) is 32.8 Å². The van der Waals surface area contributed by atoms with E-state index in [1.807, 2.05) is 6.92 Å². The summed E-state index contributed by atoms with van der Waals surface area (Å²) in [6.07, 6.45) is 2.14. The molecule has 8 heteroatoms. The number of nitrogens with two attached hydrogens (primary N) is 1. The second-order valence-electron chi connectivity index (χ2n) is 9.02. The molecule has 6 nitrogen and oxygen atoms in total. The highest BCUT2D eigenvalue weighted by Gasteiger charge is 2.32. The number of rotatable bonds is 8. The zero-order valence-corrected chi connectivity index (χ0v) is 22.1. The van der Waals surface area contributed by atoms with Crippen LogP contribution >= 0.6 is 0 Å². The number of allylic oxidation sites excluding steroid dienone is 1. The lowest BCUT2D eigenvalue weighted by atomic mass is 9.82. The number of aliphatic imine (C=N–C) groups is 2. The molecule has 0 spiro atoms. The molecular formula is C30H32F2N4O2. The summed E-state index contributed by atoms with van der Waals surface area (Å²) >= 11 is 0. The van der Waals surface area contributed by atoms with Crippen molar-refractivity contribution < 1.29 is 18.3 Å². The minimum atomic E-state index is -0.588. The van der Waals surface area contributed by atoms with Gasteiger partial charge in [-0.05, 0) is 62.4 Å². The van der Waals surface area contributed by atoms with E-state index in [2.05, 4.69) is 35.5 Å². The van der Waals surface area contributed by atoms with Crippen LogP contribution in [0.5, 0.6) is 11.5 Å². The van der Waals surface area contributed by atoms with Gasteiger partial charge in [0.2, 0.25) is 5.91 Å². The summed E-state index contributed by atoms with van der Waals surface area (Å²) in [5.74, 6) is 2.30. The third-order valence-electron chi connectivity index (χ3n) is 6.73. The summed E-state index contributed by atoms with van der Waals surface area (Å²) in [4.78, 5) is 22.4. The third-order valence-corrected chi connectivity index (χ3v) is 6.73. The standard InChI is InChI=1S/C30H32F2N4O2/c1-6-14-35-30(33)28(20(4)19(3)21-13-15-36(18-21)27(37)7-2)29(34-5)25-12-11-24(17-26(25)32)38-23-10-8-9-22(31)16-23/h7-12,16-17,19,21H,2,13,15,18H2,1,3-5H3,(H2,33,35)/b28-20+,34-29?. The Morgan fingerprint density at radius 3 is 2.63 bits per heavy atom. The number of ether oxygens (including phenoxy) is 1. The summed E-state index contributed by atoms with van der Waals surface area (Å²) in [5, 5.41) is 0. The molecule has 1 aliphatic heterocycles. The summed E-state index contributed by atoms with van der Waals surface area (Å²) in [6.45, 7) is 10.4. The molecular weight excluding hydrogens is 486 g/mol. The van der Waals surface area contributed by atoms with E-state index < -0.39 is 11.6 Å². The maximum absolute atomic E-state index is 15.5. The van der Waals surface area contributed by atoms with E-state index in [0.29, 0.717) is 24.4 Å². The number of benzene rings is 2. The van der Waals surface area contributed by atoms with Gasteiger partial charge >= 0.3 is 0 Å². The number of hydrogen-bond acceptors (Lipinski definition) is 4. The smallest absolute Gasteiger partial charge is 0.245 e. The predicted molar refractivity (Wildman–Crippen MR) is 147 cm³/mol. The summed E-state index contributed by atoms with van der Waals surface area (Å²) in [6, 6.07) is 12.6. The molecule has 0 radical (unpaired) electrons. The zero-order chi connectivity index (χ0) is 27.8. The van der Waals surface area contributed by atoms with Crippen LogP contribution < -0.4 is 10.5 Å². The lowest BCUT2D eigenvalue weighted by Crippen LogP contribution is -2.29. The zero-order valence-electron chi connectivity index (χ0n) is 22.1. The second-order valence-corrected chi connectivity index (χ2v) is 9.02. The Labute approximate surface area is 222 Å². The summed E-state index contributed by atoms with van der Waals surface area (Å²) < 4.78 is 34.6. The lowest BCUT2D eigenvalue weighted by Gasteiger charge is -2.24. The Bertz CT molecular complexity index is 1370. The van der Waals surface area contributed by atoms with Gasteiger partial charge in [0, 0.05) is 49.5 Å². The van der Waals surface area contributed by atoms with Crippen molar-refractivity contribution in [3.8, 4) is 23.5 Å². The van der Waals surface area contributed by atoms with Crippen molar-refractivity contribution in [2.75, 3.05) is 20.1 Å². The fraction of sp³-hybridized carbons (Fsp3) is 0.300. The van der Waals surface area contributed by atoms with Crippen LogP contribution in [0.15, 0.2) is 76.3 Å². The van der Waals surface area contributed by atoms with Crippen LogP contribution in [-0.4, -0.2) is 42.5 Å². The highest BCUT2D eigenvalue weighted by Crippen LogP contribution is 2.33. The molecule has 198 valence electrons. The van der Waals surface area contributed by atoms with Crippen LogP contribution in [0.25, 0.3) is 0 Å². The Morgan fingerprint density at radius 2 is 2.00 bits per heavy atom. The van der Waals surface area contributed by atoms with Crippen molar-refractivity contribution in [3.05, 3.63) is 83.5 Å². The molecule has 2 aromatic carbocycles. The van der Waals surface area contributed by atoms with Crippen molar-refractivity contribution in [3.63, 3.8) is 0 Å². The van der Waals surface area contributed by atoms with Crippen molar-refractivity contribution >= 4 is 17.5 Å². The minimum absolute atomic E-state index is 0.00801. The van der Waals surface area contributed by atoms with Gasteiger partial charge in [-0.25, -0.2) is 8.78 Å². The van der Waals surface area contributed by atoms with E-state index in [0.717, 1.165) is 12.0 Å². The fourth-order valence-electron chi connectivity index (χ4n) is 4.57. The van der Waals surface area contributed by atoms with Gasteiger partial charge in [0.1, 0.15) is 29.0 Å². The van der Waals surface area contributed by atoms with Gasteiger partial charge in [0.25, 0.3) is 0 Å². The quantitative estimate of drug-likeness (QED) is 0.217. The average Bonchev–Trinajstić information content (AvgIpc) is 3.40. The molecule has 2 atom stereocenters. The van der Waals surface area contributed by atoms with Crippen LogP contribution in [-0.2, 0) is 4.79 Å². The van der Waals surface area contributed by atoms with E-state index >= 15 is 4.39 Å². The number of carbonyl (C=O) groups is 1. The number of carbonyl (C=O) groups excluding carboxylic acids is 1. The number of likely N-dealkylation sites (tertiary alicyclic amines) is 1. The number of halogens is 2. The molecule has 2 aromatic rings. The highest BCUT2D eigenvalue weighted by atomic mass is 19.1. The van der Waals surface area contributed by atoms with Crippen LogP contribution in [0.3, 0.4) is 0 Å². The van der Waals surface area contributed by atoms with E-state index in [4.69, 9.17) is 10.5 Å². The minimum Gasteiger partial charge on any atom is -0.457 e. The van der Waals surface area contributed by atoms with Gasteiger partial charge < -0.3 is 15.4 Å². The molecule has 1 heterocycles. The van der Waals surface area contributed by atoms with Gasteiger partial charge in [0.05, 0.1) is 5.71 Å². The predicted octanol–water partition coefficient (Wildman–Crippen LogP) is 5.50. The molecule has 0 saturated carbocycles. The van der Waals surface area contributed by atoms with Gasteiger partial charge in [-0.3, -0.25) is 9.79 Å². The average molecular weight is 519 g/mol. The molecule has 38 heavy (non-hydrogen) atoms. The Morgan fingerprint density at radius 1 is 1.26 bits per heavy atom. The number of amidine groups is 1. The van der Waals surface area contributed by atoms with E-state index in [9.17, 15) is 9.18 Å². The maximum atomic E-state index is 15.5. The number of nitrogens with zero attached hydrogens (tertiary/aromatic N) is 3. The third kappa shape index (κ3) is 6.54. The van der Waals surface area contributed by atoms with Gasteiger partial charge in [-0.2, -0.15) is 4.99 Å². The maximum Gasteiger partial charge on any atom is 0.245 e. The van der Waals surface area contributed by atoms with E-state index in [-0.39, 0.29) is 40.6 Å². The van der Waals surface area contributed by atoms with Crippen molar-refractivity contribution in [1.82, 2.24) is 4.90 Å². The molecule has 2 unspecified atom stereocenters. The molecule has 1 amide bonds. The molecule has 0 aromatic heterocycles. The van der Waals surface area contributed by atoms with Gasteiger partial charge in [-0.15, -0.1) is 0 Å². The number of amides is 1. The Kier molecular flexibility index (Phi) is 9.55. The first-order valence-electron chi connectivity index (χ1n) is 12.3. The topological polar surface area (TPSA) is 80.3 Å². The molecule has 1 aliphatic rings. The molecule has 0 bridgehead atoms. The molecule has 2 N–H and O–H groups in total. The lowest BCUT2D eigenvalue weighted by molar-refractivity contribution is -0.125. The molecule has 1 saturated heterocycles. The fourth-order valence-corrected chi connectivity index (χ4v) is 4.57. The van der Waals surface area contributed by atoms with Crippen molar-refractivity contribution in [2.45, 2.75) is 27.2 Å². The van der Waals surface area contributed by atoms with Crippen LogP contribution in [0.4, 0.5) is 8.78 Å². The van der Waals surface area contributed by atoms with Crippen LogP contribution in [0.2, 0.25) is 0 Å². The van der Waals surface area contributed by atoms with Gasteiger partial charge in [0.15, 0.2) is 0 Å². The highest BCUT2D eigenvalue weighted by molar-refractivity contribution is 6.29. The normalized spacial score (nSPS) is 17.3. The molecule has 1 fully saturated rings. The van der Waals surface area contributed by atoms with Gasteiger partial charge in [-0.1, -0.05) is 31.1 Å². The monoisotopic (exact) mass is 518 g/mol. The first-order chi connectivity index (χ1) is 18.2. The first-order valence-corrected chi connectivity index (χ1v) is 12.3. The van der Waals surface area contributed by atoms with Crippen LogP contribution in [0, 0.1) is 35.4 Å². The van der Waals surface area contributed by atoms with Crippen molar-refractivity contribution in [2.24, 2.45) is 27.6 Å². The number of hydrogen-bond donors (Lipinski definition) is 1. The second kappa shape index (κ2) is 12.8. The largest absolute Gasteiger partial charge is 0.457 e. The molecule has 0 aliphatic carbocycles. The summed E-state index contributed by atoms with van der Waals surface area (Å²) in [5.41, 5.74) is 8.28. The van der Waals surface area contributed by atoms with E-state index in [1.165, 1.54) is 30.3 Å². The SMILES string of the molecule is C=CC(=O)N1CCC(C(C)/C(C)=C(/C(N)=NC#CC)C(=NC)c2ccc(Oc3cccc(F)c3)cc2F)C1. The Balaban J connectivity index is 2.00. The van der Waals surface area contributed by atoms with E-state index in [1.54, 1.807) is 37.1 Å².